The van der Waals surface area contributed by atoms with Crippen LogP contribution in [0.3, 0.4) is 0 Å². The molecule has 1 nitrogen and oxygen atoms in total. The van der Waals surface area contributed by atoms with Crippen molar-refractivity contribution >= 4 is 6.72 Å². The topological polar surface area (TPSA) is 3.01 Å². The second-order valence-electron chi connectivity index (χ2n) is 4.54. The van der Waals surface area contributed by atoms with Crippen LogP contribution in [-0.4, -0.2) is 18.3 Å². The Hall–Kier alpha value is -1.63. The molecule has 0 unspecified atom stereocenters. The molecule has 0 aromatic carbocycles. The van der Waals surface area contributed by atoms with Gasteiger partial charge in [-0.15, -0.1) is 0 Å². The van der Waals surface area contributed by atoms with Gasteiger partial charge in [0.05, 0.1) is 0 Å². The third kappa shape index (κ3) is 7.40. The summed E-state index contributed by atoms with van der Waals surface area (Å²) in [5, 5.41) is 0. The van der Waals surface area contributed by atoms with Gasteiger partial charge >= 0.3 is 0 Å². The lowest BCUT2D eigenvalue weighted by molar-refractivity contribution is -0.430. The summed E-state index contributed by atoms with van der Waals surface area (Å²) in [5.41, 5.74) is 3.80. The van der Waals surface area contributed by atoms with Crippen LogP contribution in [0.2, 0.25) is 0 Å². The summed E-state index contributed by atoms with van der Waals surface area (Å²) < 4.78 is 1.89. The monoisotopic (exact) mass is 258 g/mol. The van der Waals surface area contributed by atoms with E-state index in [9.17, 15) is 0 Å². The maximum Gasteiger partial charge on any atom is 0.207 e. The smallest absolute Gasteiger partial charge is 0.207 e. The van der Waals surface area contributed by atoms with Gasteiger partial charge in [0.1, 0.15) is 13.8 Å². The fourth-order valence-corrected chi connectivity index (χ4v) is 1.71. The number of likely N-dealkylation sites (N-methyl/N-ethyl adjacent to an activating group) is 1. The Morgan fingerprint density at radius 1 is 1.00 bits per heavy atom. The summed E-state index contributed by atoms with van der Waals surface area (Å²) in [6.07, 6.45) is 16.9. The third-order valence-electron chi connectivity index (χ3n) is 2.96. The van der Waals surface area contributed by atoms with Gasteiger partial charge < -0.3 is 0 Å². The van der Waals surface area contributed by atoms with E-state index in [0.29, 0.717) is 0 Å². The van der Waals surface area contributed by atoms with Crippen molar-refractivity contribution in [1.82, 2.24) is 0 Å². The predicted octanol–water partition coefficient (Wildman–Crippen LogP) is 5.04. The quantitative estimate of drug-likeness (QED) is 0.342. The maximum atomic E-state index is 3.95. The van der Waals surface area contributed by atoms with Gasteiger partial charge in [0.2, 0.25) is 5.70 Å². The maximum absolute atomic E-state index is 3.95. The van der Waals surface area contributed by atoms with Gasteiger partial charge in [-0.2, -0.15) is 0 Å². The van der Waals surface area contributed by atoms with Crippen LogP contribution in [-0.2, 0) is 0 Å². The van der Waals surface area contributed by atoms with E-state index in [1.165, 1.54) is 11.1 Å². The van der Waals surface area contributed by atoms with Gasteiger partial charge in [-0.1, -0.05) is 55.9 Å². The zero-order chi connectivity index (χ0) is 14.7. The van der Waals surface area contributed by atoms with E-state index in [0.717, 1.165) is 18.5 Å². The van der Waals surface area contributed by atoms with Crippen LogP contribution in [0.1, 0.15) is 40.5 Å². The third-order valence-corrected chi connectivity index (χ3v) is 2.96. The summed E-state index contributed by atoms with van der Waals surface area (Å²) in [5.74, 6) is 0. The van der Waals surface area contributed by atoms with Gasteiger partial charge in [-0.3, -0.25) is 0 Å². The molecule has 1 heteroatoms. The molecule has 0 rings (SSSR count). The van der Waals surface area contributed by atoms with E-state index in [-0.39, 0.29) is 0 Å². The van der Waals surface area contributed by atoms with Crippen molar-refractivity contribution in [1.29, 1.82) is 0 Å². The number of allylic oxidation sites excluding steroid dienone is 9. The Morgan fingerprint density at radius 3 is 2.05 bits per heavy atom. The van der Waals surface area contributed by atoms with Crippen molar-refractivity contribution < 1.29 is 4.58 Å². The molecule has 0 amide bonds. The SMILES string of the molecule is C=[N+](C)C(=CC=CC)C(C)=CC=CC=C(CC)CC. The normalized spacial score (nSPS) is 13.3. The van der Waals surface area contributed by atoms with Crippen LogP contribution in [0, 0.1) is 0 Å². The minimum atomic E-state index is 1.12. The first-order valence-corrected chi connectivity index (χ1v) is 6.97. The standard InChI is InChI=1S/C18H28N/c1-7-10-15-18(19(5)6)16(4)13-11-12-14-17(8-2)9-3/h7,10-15H,5,8-9H2,1-4,6H3/q+1. The molecule has 0 atom stereocenters. The minimum Gasteiger partial charge on any atom is -0.208 e. The van der Waals surface area contributed by atoms with E-state index < -0.39 is 0 Å². The first-order valence-electron chi connectivity index (χ1n) is 6.97. The predicted molar refractivity (Wildman–Crippen MR) is 87.8 cm³/mol. The van der Waals surface area contributed by atoms with E-state index in [2.05, 4.69) is 57.9 Å². The highest BCUT2D eigenvalue weighted by molar-refractivity contribution is 5.33. The molecule has 0 fully saturated rings. The number of hydrogen-bond donors (Lipinski definition) is 0. The minimum absolute atomic E-state index is 1.12. The molecular formula is C18H28N+. The summed E-state index contributed by atoms with van der Waals surface area (Å²) >= 11 is 0. The molecule has 0 N–H and O–H groups in total. The van der Waals surface area contributed by atoms with Crippen LogP contribution < -0.4 is 0 Å². The largest absolute Gasteiger partial charge is 0.208 e. The Balaban J connectivity index is 4.93. The van der Waals surface area contributed by atoms with Crippen LogP contribution in [0.25, 0.3) is 0 Å². The molecular weight excluding hydrogens is 230 g/mol. The first-order chi connectivity index (χ1) is 9.06. The highest BCUT2D eigenvalue weighted by atomic mass is 14.9. The molecule has 0 aromatic rings. The number of rotatable bonds is 7. The number of nitrogens with zero attached hydrogens (tertiary/aromatic N) is 1. The van der Waals surface area contributed by atoms with Crippen molar-refractivity contribution in [3.8, 4) is 0 Å². The molecule has 0 aliphatic carbocycles. The van der Waals surface area contributed by atoms with Gasteiger partial charge in [0.25, 0.3) is 0 Å². The second kappa shape index (κ2) is 10.3. The van der Waals surface area contributed by atoms with Crippen LogP contribution in [0.5, 0.6) is 0 Å². The van der Waals surface area contributed by atoms with Crippen molar-refractivity contribution in [2.24, 2.45) is 0 Å². The van der Waals surface area contributed by atoms with Crippen molar-refractivity contribution in [3.63, 3.8) is 0 Å². The molecule has 0 spiro atoms. The van der Waals surface area contributed by atoms with Crippen molar-refractivity contribution in [2.45, 2.75) is 40.5 Å². The molecule has 0 saturated carbocycles. The molecule has 0 bridgehead atoms. The van der Waals surface area contributed by atoms with Crippen LogP contribution in [0.15, 0.2) is 59.4 Å². The van der Waals surface area contributed by atoms with E-state index in [4.69, 9.17) is 0 Å². The molecule has 19 heavy (non-hydrogen) atoms. The lowest BCUT2D eigenvalue weighted by atomic mass is 10.1. The summed E-state index contributed by atoms with van der Waals surface area (Å²) in [6, 6.07) is 0. The zero-order valence-electron chi connectivity index (χ0n) is 13.1. The molecule has 0 saturated heterocycles. The molecule has 0 radical (unpaired) electrons. The van der Waals surface area contributed by atoms with Crippen LogP contribution in [0.4, 0.5) is 0 Å². The Labute approximate surface area is 119 Å². The van der Waals surface area contributed by atoms with Gasteiger partial charge in [-0.25, -0.2) is 4.58 Å². The van der Waals surface area contributed by atoms with Crippen LogP contribution >= 0.6 is 0 Å². The summed E-state index contributed by atoms with van der Waals surface area (Å²) in [7, 11) is 1.96. The van der Waals surface area contributed by atoms with Gasteiger partial charge in [0, 0.05) is 11.6 Å². The van der Waals surface area contributed by atoms with E-state index in [1.807, 2.05) is 30.7 Å². The molecule has 0 aliphatic rings. The summed E-state index contributed by atoms with van der Waals surface area (Å²) in [6.45, 7) is 12.5. The highest BCUT2D eigenvalue weighted by Crippen LogP contribution is 2.10. The zero-order valence-corrected chi connectivity index (χ0v) is 13.1. The molecule has 0 aliphatic heterocycles. The fourth-order valence-electron chi connectivity index (χ4n) is 1.71. The summed E-state index contributed by atoms with van der Waals surface area (Å²) in [4.78, 5) is 0. The highest BCUT2D eigenvalue weighted by Gasteiger charge is 2.05. The van der Waals surface area contributed by atoms with Crippen molar-refractivity contribution in [3.05, 3.63) is 59.4 Å². The Kier molecular flexibility index (Phi) is 9.42. The fraction of sp³-hybridized carbons (Fsp3) is 0.389. The van der Waals surface area contributed by atoms with Crippen molar-refractivity contribution in [2.75, 3.05) is 7.05 Å². The lowest BCUT2D eigenvalue weighted by Gasteiger charge is -1.99. The first kappa shape index (κ1) is 17.4. The van der Waals surface area contributed by atoms with E-state index >= 15 is 0 Å². The average molecular weight is 258 g/mol. The Morgan fingerprint density at radius 2 is 1.58 bits per heavy atom. The van der Waals surface area contributed by atoms with E-state index in [1.54, 1.807) is 0 Å². The molecule has 0 aromatic heterocycles. The average Bonchev–Trinajstić information content (AvgIpc) is 2.39. The number of hydrogen-bond acceptors (Lipinski definition) is 0. The van der Waals surface area contributed by atoms with Gasteiger partial charge in [0.15, 0.2) is 0 Å². The molecule has 104 valence electrons. The molecule has 0 heterocycles. The van der Waals surface area contributed by atoms with Gasteiger partial charge in [-0.05, 0) is 26.7 Å². The second-order valence-corrected chi connectivity index (χ2v) is 4.54. The lowest BCUT2D eigenvalue weighted by Crippen LogP contribution is -2.03. The Bertz CT molecular complexity index is 423.